The lowest BCUT2D eigenvalue weighted by Crippen LogP contribution is -2.51. The van der Waals surface area contributed by atoms with Gasteiger partial charge in [-0.3, -0.25) is 14.4 Å². The molecular formula is C22H37N3O5. The summed E-state index contributed by atoms with van der Waals surface area (Å²) in [5.41, 5.74) is 2.43. The van der Waals surface area contributed by atoms with Crippen molar-refractivity contribution in [3.05, 3.63) is 12.2 Å². The molecular weight excluding hydrogens is 386 g/mol. The molecule has 1 saturated heterocycles. The van der Waals surface area contributed by atoms with E-state index in [-0.39, 0.29) is 30.1 Å². The van der Waals surface area contributed by atoms with Crippen molar-refractivity contribution in [2.24, 2.45) is 11.8 Å². The molecule has 1 fully saturated rings. The van der Waals surface area contributed by atoms with Crippen LogP contribution in [0.15, 0.2) is 12.2 Å². The van der Waals surface area contributed by atoms with E-state index in [4.69, 9.17) is 9.57 Å². The fraction of sp³-hybridized carbons (Fsp3) is 0.773. The van der Waals surface area contributed by atoms with Crippen LogP contribution in [0.5, 0.6) is 0 Å². The minimum absolute atomic E-state index is 0.00863. The second kappa shape index (κ2) is 13.4. The Morgan fingerprint density at radius 2 is 1.90 bits per heavy atom. The first kappa shape index (κ1) is 24.3. The second-order valence-corrected chi connectivity index (χ2v) is 8.41. The number of hydrogen-bond donors (Lipinski definition) is 3. The Hall–Kier alpha value is -1.93. The van der Waals surface area contributed by atoms with Crippen LogP contribution in [-0.4, -0.2) is 43.2 Å². The molecule has 2 aliphatic heterocycles. The molecule has 0 spiro atoms. The molecule has 0 saturated carbocycles. The Bertz CT molecular complexity index is 587. The van der Waals surface area contributed by atoms with Gasteiger partial charge in [0, 0.05) is 31.9 Å². The van der Waals surface area contributed by atoms with E-state index in [1.165, 1.54) is 0 Å². The Balaban J connectivity index is 1.97. The Morgan fingerprint density at radius 3 is 2.60 bits per heavy atom. The van der Waals surface area contributed by atoms with Crippen molar-refractivity contribution >= 4 is 17.7 Å². The SMILES string of the molecule is CC(C)[C@@H]1NC(=O)[C@@H](CC(=O)NOC2CCCCO2)CCC/C=C/CCCNC1=O. The van der Waals surface area contributed by atoms with E-state index in [0.29, 0.717) is 19.6 Å². The molecule has 30 heavy (non-hydrogen) atoms. The molecule has 0 radical (unpaired) electrons. The molecule has 0 aliphatic carbocycles. The van der Waals surface area contributed by atoms with E-state index in [9.17, 15) is 14.4 Å². The van der Waals surface area contributed by atoms with E-state index in [1.807, 2.05) is 13.8 Å². The predicted molar refractivity (Wildman–Crippen MR) is 113 cm³/mol. The zero-order valence-corrected chi connectivity index (χ0v) is 18.3. The predicted octanol–water partition coefficient (Wildman–Crippen LogP) is 2.34. The van der Waals surface area contributed by atoms with Crippen LogP contribution >= 0.6 is 0 Å². The number of ether oxygens (including phenoxy) is 1. The van der Waals surface area contributed by atoms with E-state index in [1.54, 1.807) is 0 Å². The summed E-state index contributed by atoms with van der Waals surface area (Å²) in [6.45, 7) is 5.00. The van der Waals surface area contributed by atoms with E-state index >= 15 is 0 Å². The highest BCUT2D eigenvalue weighted by atomic mass is 16.8. The molecule has 0 bridgehead atoms. The first-order valence-electron chi connectivity index (χ1n) is 11.3. The number of nitrogens with one attached hydrogen (secondary N) is 3. The second-order valence-electron chi connectivity index (χ2n) is 8.41. The lowest BCUT2D eigenvalue weighted by molar-refractivity contribution is -0.200. The van der Waals surface area contributed by atoms with E-state index in [2.05, 4.69) is 28.3 Å². The van der Waals surface area contributed by atoms with Gasteiger partial charge in [0.05, 0.1) is 0 Å². The standard InChI is InChI=1S/C22H37N3O5/c1-16(2)20-22(28)23-13-9-6-4-3-5-7-11-17(21(27)24-20)15-18(26)25-30-19-12-8-10-14-29-19/h3-4,16-17,19-20H,5-15H2,1-2H3,(H,23,28)(H,24,27)(H,25,26)/b4-3+/t17-,19?,20+/m1/s1. The number of hydroxylamine groups is 1. The topological polar surface area (TPSA) is 106 Å². The maximum atomic E-state index is 12.9. The maximum Gasteiger partial charge on any atom is 0.244 e. The minimum Gasteiger partial charge on any atom is -0.354 e. The summed E-state index contributed by atoms with van der Waals surface area (Å²) in [6, 6.07) is -0.617. The fourth-order valence-corrected chi connectivity index (χ4v) is 3.59. The summed E-state index contributed by atoms with van der Waals surface area (Å²) in [4.78, 5) is 43.2. The third-order valence-electron chi connectivity index (χ3n) is 5.43. The van der Waals surface area contributed by atoms with Crippen LogP contribution in [0.3, 0.4) is 0 Å². The monoisotopic (exact) mass is 423 g/mol. The molecule has 0 aromatic heterocycles. The number of amides is 3. The molecule has 2 heterocycles. The van der Waals surface area contributed by atoms with Gasteiger partial charge in [-0.2, -0.15) is 0 Å². The fourth-order valence-electron chi connectivity index (χ4n) is 3.59. The Morgan fingerprint density at radius 1 is 1.13 bits per heavy atom. The lowest BCUT2D eigenvalue weighted by Gasteiger charge is -2.25. The average molecular weight is 424 g/mol. The lowest BCUT2D eigenvalue weighted by atomic mass is 9.95. The van der Waals surface area contributed by atoms with E-state index in [0.717, 1.165) is 44.9 Å². The summed E-state index contributed by atoms with van der Waals surface area (Å²) in [5.74, 6) is -1.38. The molecule has 3 atom stereocenters. The number of allylic oxidation sites excluding steroid dienone is 2. The van der Waals surface area contributed by atoms with Gasteiger partial charge in [-0.25, -0.2) is 10.3 Å². The van der Waals surface area contributed by atoms with Gasteiger partial charge in [0.25, 0.3) is 0 Å². The summed E-state index contributed by atoms with van der Waals surface area (Å²) < 4.78 is 5.44. The summed E-state index contributed by atoms with van der Waals surface area (Å²) in [5, 5.41) is 5.77. The molecule has 0 aromatic carbocycles. The van der Waals surface area contributed by atoms with Gasteiger partial charge in [0.1, 0.15) is 6.04 Å². The zero-order valence-electron chi connectivity index (χ0n) is 18.3. The first-order valence-corrected chi connectivity index (χ1v) is 11.3. The van der Waals surface area contributed by atoms with Gasteiger partial charge in [-0.1, -0.05) is 26.0 Å². The molecule has 8 heteroatoms. The minimum atomic E-state index is -0.617. The van der Waals surface area contributed by atoms with Gasteiger partial charge < -0.3 is 15.4 Å². The number of carbonyl (C=O) groups excluding carboxylic acids is 3. The summed E-state index contributed by atoms with van der Waals surface area (Å²) in [6.07, 6.45) is 10.5. The van der Waals surface area contributed by atoms with Gasteiger partial charge in [0.15, 0.2) is 6.29 Å². The molecule has 8 nitrogen and oxygen atoms in total. The number of hydrogen-bond acceptors (Lipinski definition) is 5. The smallest absolute Gasteiger partial charge is 0.244 e. The van der Waals surface area contributed by atoms with E-state index < -0.39 is 18.2 Å². The van der Waals surface area contributed by atoms with Crippen molar-refractivity contribution in [1.29, 1.82) is 0 Å². The molecule has 2 aliphatic rings. The highest BCUT2D eigenvalue weighted by Gasteiger charge is 2.29. The zero-order chi connectivity index (χ0) is 21.8. The van der Waals surface area contributed by atoms with Crippen molar-refractivity contribution in [1.82, 2.24) is 16.1 Å². The molecule has 0 aromatic rings. The first-order chi connectivity index (χ1) is 14.5. The Kier molecular flexibility index (Phi) is 10.9. The van der Waals surface area contributed by atoms with Crippen LogP contribution in [0.4, 0.5) is 0 Å². The van der Waals surface area contributed by atoms with Gasteiger partial charge in [0.2, 0.25) is 17.7 Å². The van der Waals surface area contributed by atoms with Crippen LogP contribution in [0.25, 0.3) is 0 Å². The molecule has 1 unspecified atom stereocenters. The van der Waals surface area contributed by atoms with Crippen molar-refractivity contribution in [2.45, 2.75) is 84.0 Å². The normalized spacial score (nSPS) is 28.2. The van der Waals surface area contributed by atoms with Gasteiger partial charge in [-0.15, -0.1) is 0 Å². The molecule has 3 amide bonds. The average Bonchev–Trinajstić information content (AvgIpc) is 2.73. The van der Waals surface area contributed by atoms with Crippen LogP contribution in [0.1, 0.15) is 71.6 Å². The van der Waals surface area contributed by atoms with Crippen molar-refractivity contribution in [3.8, 4) is 0 Å². The number of carbonyl (C=O) groups is 3. The van der Waals surface area contributed by atoms with Crippen LogP contribution < -0.4 is 16.1 Å². The molecule has 2 rings (SSSR count). The Labute approximate surface area is 179 Å². The third kappa shape index (κ3) is 8.83. The largest absolute Gasteiger partial charge is 0.354 e. The highest BCUT2D eigenvalue weighted by Crippen LogP contribution is 2.17. The van der Waals surface area contributed by atoms with Crippen molar-refractivity contribution < 1.29 is 24.0 Å². The number of rotatable bonds is 5. The van der Waals surface area contributed by atoms with Gasteiger partial charge >= 0.3 is 0 Å². The quantitative estimate of drug-likeness (QED) is 0.465. The van der Waals surface area contributed by atoms with Crippen molar-refractivity contribution in [3.63, 3.8) is 0 Å². The van der Waals surface area contributed by atoms with Crippen LogP contribution in [-0.2, 0) is 24.0 Å². The third-order valence-corrected chi connectivity index (χ3v) is 5.43. The van der Waals surface area contributed by atoms with Crippen LogP contribution in [0, 0.1) is 11.8 Å². The molecule has 170 valence electrons. The summed E-state index contributed by atoms with van der Waals surface area (Å²) >= 11 is 0. The molecule has 3 N–H and O–H groups in total. The highest BCUT2D eigenvalue weighted by molar-refractivity contribution is 5.90. The van der Waals surface area contributed by atoms with Gasteiger partial charge in [-0.05, 0) is 50.9 Å². The maximum absolute atomic E-state index is 12.9. The van der Waals surface area contributed by atoms with Crippen LogP contribution in [0.2, 0.25) is 0 Å². The summed E-state index contributed by atoms with van der Waals surface area (Å²) in [7, 11) is 0. The van der Waals surface area contributed by atoms with Crippen molar-refractivity contribution in [2.75, 3.05) is 13.2 Å².